The maximum Gasteiger partial charge on any atom is 0.261 e. The van der Waals surface area contributed by atoms with E-state index in [0.29, 0.717) is 45.5 Å². The number of hydrogen-bond donors (Lipinski definition) is 2. The normalized spacial score (nSPS) is 18.7. The number of nitrogens with zero attached hydrogens (tertiary/aromatic N) is 5. The minimum Gasteiger partial charge on any atom is -0.496 e. The van der Waals surface area contributed by atoms with E-state index in [4.69, 9.17) is 9.47 Å². The number of carbonyl (C=O) groups excluding carboxylic acids is 2. The third-order valence-corrected chi connectivity index (χ3v) is 9.30. The Morgan fingerprint density at radius 2 is 1.98 bits per heavy atom. The molecular weight excluding hydrogens is 577 g/mol. The number of aliphatic hydroxyl groups excluding tert-OH is 2. The summed E-state index contributed by atoms with van der Waals surface area (Å²) < 4.78 is 27.8. The molecule has 1 saturated heterocycles. The van der Waals surface area contributed by atoms with Gasteiger partial charge in [-0.3, -0.25) is 14.5 Å². The van der Waals surface area contributed by atoms with E-state index in [2.05, 4.69) is 5.10 Å². The number of benzene rings is 1. The first-order chi connectivity index (χ1) is 20.4. The van der Waals surface area contributed by atoms with Crippen molar-refractivity contribution in [3.8, 4) is 10.8 Å². The second-order valence-corrected chi connectivity index (χ2v) is 12.4. The van der Waals surface area contributed by atoms with Crippen molar-refractivity contribution in [3.05, 3.63) is 59.2 Å². The average Bonchev–Trinajstić information content (AvgIpc) is 3.74. The smallest absolute Gasteiger partial charge is 0.261 e. The zero-order chi connectivity index (χ0) is 31.1. The number of halogens is 1. The molecule has 0 aliphatic carbocycles. The lowest BCUT2D eigenvalue weighted by Crippen LogP contribution is -2.67. The van der Waals surface area contributed by atoms with Crippen molar-refractivity contribution in [3.63, 3.8) is 0 Å². The number of aromatic nitrogens is 2. The molecule has 2 N–H and O–H groups in total. The highest BCUT2D eigenvalue weighted by molar-refractivity contribution is 7.19. The van der Waals surface area contributed by atoms with E-state index >= 15 is 0 Å². The van der Waals surface area contributed by atoms with Gasteiger partial charge in [0.05, 0.1) is 31.9 Å². The summed E-state index contributed by atoms with van der Waals surface area (Å²) in [6.45, 7) is 7.71. The number of methoxy groups -OCH3 is 1. The van der Waals surface area contributed by atoms with E-state index in [1.165, 1.54) is 41.5 Å². The Morgan fingerprint density at radius 1 is 1.26 bits per heavy atom. The zero-order valence-electron chi connectivity index (χ0n) is 25.0. The molecule has 2 aliphatic rings. The summed E-state index contributed by atoms with van der Waals surface area (Å²) in [6.07, 6.45) is 1.86. The van der Waals surface area contributed by atoms with Crippen LogP contribution in [0.4, 0.5) is 9.39 Å². The second-order valence-electron chi connectivity index (χ2n) is 11.5. The molecule has 1 aromatic carbocycles. The third kappa shape index (κ3) is 5.74. The van der Waals surface area contributed by atoms with Crippen LogP contribution in [0, 0.1) is 12.7 Å². The van der Waals surface area contributed by atoms with Crippen LogP contribution < -0.4 is 9.64 Å². The molecule has 0 saturated carbocycles. The molecule has 4 heterocycles. The van der Waals surface area contributed by atoms with Crippen LogP contribution >= 0.6 is 11.3 Å². The monoisotopic (exact) mass is 615 g/mol. The fourth-order valence-electron chi connectivity index (χ4n) is 5.78. The highest BCUT2D eigenvalue weighted by Crippen LogP contribution is 2.46. The fraction of sp³-hybridized carbons (Fsp3) is 0.500. The van der Waals surface area contributed by atoms with Gasteiger partial charge in [0.15, 0.2) is 0 Å². The van der Waals surface area contributed by atoms with E-state index in [1.54, 1.807) is 53.7 Å². The number of rotatable bonds is 10. The van der Waals surface area contributed by atoms with Crippen LogP contribution in [0.5, 0.6) is 5.75 Å². The molecule has 232 valence electrons. The predicted molar refractivity (Wildman–Crippen MR) is 159 cm³/mol. The van der Waals surface area contributed by atoms with E-state index in [1.807, 2.05) is 6.92 Å². The summed E-state index contributed by atoms with van der Waals surface area (Å²) in [5.41, 5.74) is -0.0505. The number of likely N-dealkylation sites (tertiary alicyclic amines) is 1. The summed E-state index contributed by atoms with van der Waals surface area (Å²) in [5, 5.41) is 27.5. The fourth-order valence-corrected chi connectivity index (χ4v) is 7.05. The van der Waals surface area contributed by atoms with Crippen molar-refractivity contribution >= 4 is 28.2 Å². The van der Waals surface area contributed by atoms with Gasteiger partial charge in [0.1, 0.15) is 33.2 Å². The standard InChI is InChI=1S/C30H38FN5O6S/c1-18(37)17-42-23(21-15-20(31)9-10-22(21)41-5)16-34-27-24(19(2)26(43-27)35-14-8-11-32-35)25(38)36(29(34)40)30(3,4)28(39)33-12-6-7-13-33/h8-11,14-15,18,23,29,37,40H,6-7,12-13,16-17H2,1-5H3/t18-,23+,29?/m1/s1. The number of thiophene rings is 1. The van der Waals surface area contributed by atoms with Crippen LogP contribution in [0.1, 0.15) is 61.2 Å². The molecule has 0 bridgehead atoms. The molecule has 13 heteroatoms. The molecule has 3 atom stereocenters. The van der Waals surface area contributed by atoms with Crippen LogP contribution in [0.3, 0.4) is 0 Å². The van der Waals surface area contributed by atoms with Gasteiger partial charge in [-0.15, -0.1) is 0 Å². The largest absolute Gasteiger partial charge is 0.496 e. The lowest BCUT2D eigenvalue weighted by Gasteiger charge is -2.49. The van der Waals surface area contributed by atoms with Crippen molar-refractivity contribution in [2.24, 2.45) is 0 Å². The maximum atomic E-state index is 14.5. The first-order valence-corrected chi connectivity index (χ1v) is 15.1. The van der Waals surface area contributed by atoms with Gasteiger partial charge in [0.2, 0.25) is 12.3 Å². The summed E-state index contributed by atoms with van der Waals surface area (Å²) in [4.78, 5) is 32.6. The van der Waals surface area contributed by atoms with Gasteiger partial charge >= 0.3 is 0 Å². The Hall–Kier alpha value is -3.52. The van der Waals surface area contributed by atoms with Gasteiger partial charge in [0, 0.05) is 36.6 Å². The lowest BCUT2D eigenvalue weighted by molar-refractivity contribution is -0.146. The van der Waals surface area contributed by atoms with Gasteiger partial charge in [-0.25, -0.2) is 9.07 Å². The molecule has 43 heavy (non-hydrogen) atoms. The van der Waals surface area contributed by atoms with Gasteiger partial charge in [-0.2, -0.15) is 5.10 Å². The molecule has 11 nitrogen and oxygen atoms in total. The zero-order valence-corrected chi connectivity index (χ0v) is 25.8. The third-order valence-electron chi connectivity index (χ3n) is 7.98. The summed E-state index contributed by atoms with van der Waals surface area (Å²) in [6, 6.07) is 5.82. The van der Waals surface area contributed by atoms with Gasteiger partial charge in [-0.1, -0.05) is 11.3 Å². The van der Waals surface area contributed by atoms with Gasteiger partial charge < -0.3 is 29.5 Å². The minimum absolute atomic E-state index is 0.0586. The average molecular weight is 616 g/mol. The molecule has 5 rings (SSSR count). The van der Waals surface area contributed by atoms with Crippen LogP contribution in [-0.2, 0) is 9.53 Å². The quantitative estimate of drug-likeness (QED) is 0.356. The molecule has 1 fully saturated rings. The Morgan fingerprint density at radius 3 is 2.60 bits per heavy atom. The highest BCUT2D eigenvalue weighted by atomic mass is 32.1. The SMILES string of the molecule is COc1ccc(F)cc1[C@H](CN1c2sc(-n3cccn3)c(C)c2C(=O)N(C(C)(C)C(=O)N2CCCC2)C1O)OC[C@@H](C)O. The van der Waals surface area contributed by atoms with Gasteiger partial charge in [-0.05, 0) is 64.8 Å². The lowest BCUT2D eigenvalue weighted by atomic mass is 9.96. The van der Waals surface area contributed by atoms with Gasteiger partial charge in [0.25, 0.3) is 5.91 Å². The summed E-state index contributed by atoms with van der Waals surface area (Å²) in [7, 11) is 1.46. The number of ether oxygens (including phenoxy) is 2. The minimum atomic E-state index is -1.57. The van der Waals surface area contributed by atoms with Crippen LogP contribution in [-0.4, -0.2) is 93.0 Å². The number of hydrogen-bond acceptors (Lipinski definition) is 9. The molecule has 1 unspecified atom stereocenters. The molecular formula is C30H38FN5O6S. The van der Waals surface area contributed by atoms with Crippen molar-refractivity contribution in [1.29, 1.82) is 0 Å². The number of aliphatic hydroxyl groups is 2. The van der Waals surface area contributed by atoms with E-state index in [0.717, 1.165) is 12.8 Å². The van der Waals surface area contributed by atoms with Crippen molar-refractivity contribution in [2.45, 2.75) is 64.6 Å². The van der Waals surface area contributed by atoms with E-state index < -0.39 is 35.8 Å². The van der Waals surface area contributed by atoms with Crippen LogP contribution in [0.25, 0.3) is 5.00 Å². The van der Waals surface area contributed by atoms with Crippen molar-refractivity contribution in [1.82, 2.24) is 19.6 Å². The Bertz CT molecular complexity index is 1470. The molecule has 0 radical (unpaired) electrons. The first kappa shape index (κ1) is 30.9. The molecule has 2 amide bonds. The molecule has 2 aliphatic heterocycles. The van der Waals surface area contributed by atoms with E-state index in [-0.39, 0.29) is 19.1 Å². The second kappa shape index (κ2) is 12.2. The van der Waals surface area contributed by atoms with Crippen molar-refractivity contribution in [2.75, 3.05) is 38.3 Å². The van der Waals surface area contributed by atoms with Crippen LogP contribution in [0.2, 0.25) is 0 Å². The highest BCUT2D eigenvalue weighted by Gasteiger charge is 2.51. The Balaban J connectivity index is 1.63. The van der Waals surface area contributed by atoms with Crippen LogP contribution in [0.15, 0.2) is 36.7 Å². The molecule has 3 aromatic rings. The first-order valence-electron chi connectivity index (χ1n) is 14.3. The topological polar surface area (TPSA) is 121 Å². The number of fused-ring (bicyclic) bond motifs is 1. The number of carbonyl (C=O) groups is 2. The Kier molecular flexibility index (Phi) is 8.80. The summed E-state index contributed by atoms with van der Waals surface area (Å²) in [5.74, 6) is -0.882. The molecule has 0 spiro atoms. The summed E-state index contributed by atoms with van der Waals surface area (Å²) >= 11 is 1.27. The number of amides is 2. The predicted octanol–water partition coefficient (Wildman–Crippen LogP) is 3.47. The molecule has 2 aromatic heterocycles. The van der Waals surface area contributed by atoms with E-state index in [9.17, 15) is 24.2 Å². The number of anilines is 1. The Labute approximate surface area is 254 Å². The maximum absolute atomic E-state index is 14.5. The van der Waals surface area contributed by atoms with Crippen molar-refractivity contribution < 1.29 is 33.7 Å².